The number of pyridine rings is 1. The second-order valence-electron chi connectivity index (χ2n) is 9.10. The number of carbonyl (C=O) groups excluding carboxylic acids is 2. The molecule has 0 unspecified atom stereocenters. The average molecular weight is 473 g/mol. The maximum atomic E-state index is 14.4. The molecule has 0 radical (unpaired) electrons. The first kappa shape index (κ1) is 24.2. The lowest BCUT2D eigenvalue weighted by Gasteiger charge is -2.41. The van der Waals surface area contributed by atoms with Crippen molar-refractivity contribution in [3.63, 3.8) is 0 Å². The summed E-state index contributed by atoms with van der Waals surface area (Å²) in [6.07, 6.45) is 2.65. The summed E-state index contributed by atoms with van der Waals surface area (Å²) in [5.74, 6) is -1.54. The van der Waals surface area contributed by atoms with E-state index >= 15 is 0 Å². The molecule has 1 N–H and O–H groups in total. The molecule has 2 amide bonds. The molecule has 7 nitrogen and oxygen atoms in total. The molecule has 1 aromatic carbocycles. The van der Waals surface area contributed by atoms with E-state index in [9.17, 15) is 18.4 Å². The monoisotopic (exact) mass is 472 g/mol. The second kappa shape index (κ2) is 10.1. The number of aryl methyl sites for hydroxylation is 1. The van der Waals surface area contributed by atoms with E-state index in [1.165, 1.54) is 25.3 Å². The number of hydrogen-bond donors (Lipinski definition) is 1. The van der Waals surface area contributed by atoms with Crippen molar-refractivity contribution in [3.8, 4) is 0 Å². The first-order valence-electron chi connectivity index (χ1n) is 11.6. The highest BCUT2D eigenvalue weighted by atomic mass is 19.1. The Labute approximate surface area is 198 Å². The van der Waals surface area contributed by atoms with Gasteiger partial charge in [0.05, 0.1) is 11.3 Å². The summed E-state index contributed by atoms with van der Waals surface area (Å²) in [6.45, 7) is 8.37. The van der Waals surface area contributed by atoms with Gasteiger partial charge in [0.2, 0.25) is 0 Å². The Hall–Kier alpha value is -2.91. The van der Waals surface area contributed by atoms with E-state index in [4.69, 9.17) is 4.74 Å². The van der Waals surface area contributed by atoms with Crippen molar-refractivity contribution in [3.05, 3.63) is 58.4 Å². The van der Waals surface area contributed by atoms with Crippen molar-refractivity contribution in [1.82, 2.24) is 14.8 Å². The van der Waals surface area contributed by atoms with Crippen molar-refractivity contribution in [2.75, 3.05) is 31.6 Å². The van der Waals surface area contributed by atoms with Gasteiger partial charge in [0.25, 0.3) is 11.8 Å². The smallest absolute Gasteiger partial charge is 0.257 e. The van der Waals surface area contributed by atoms with Gasteiger partial charge in [-0.1, -0.05) is 0 Å². The summed E-state index contributed by atoms with van der Waals surface area (Å²) in [6, 6.07) is 3.86. The van der Waals surface area contributed by atoms with Gasteiger partial charge in [0.15, 0.2) is 0 Å². The number of nitrogens with zero attached hydrogens (tertiary/aromatic N) is 3. The molecular formula is C25H30F2N4O3. The third-order valence-corrected chi connectivity index (χ3v) is 6.61. The van der Waals surface area contributed by atoms with Gasteiger partial charge in [-0.3, -0.25) is 19.5 Å². The van der Waals surface area contributed by atoms with Crippen LogP contribution in [0.15, 0.2) is 24.4 Å². The Kier molecular flexibility index (Phi) is 7.23. The van der Waals surface area contributed by atoms with Gasteiger partial charge in [-0.2, -0.15) is 0 Å². The van der Waals surface area contributed by atoms with Gasteiger partial charge in [0, 0.05) is 50.7 Å². The maximum absolute atomic E-state index is 14.4. The lowest BCUT2D eigenvalue weighted by molar-refractivity contribution is -0.145. The van der Waals surface area contributed by atoms with E-state index in [1.54, 1.807) is 0 Å². The molecule has 1 aromatic heterocycles. The van der Waals surface area contributed by atoms with Crippen LogP contribution in [-0.2, 0) is 16.1 Å². The van der Waals surface area contributed by atoms with Crippen molar-refractivity contribution >= 4 is 17.5 Å². The number of anilines is 1. The number of amides is 2. The molecule has 0 spiro atoms. The van der Waals surface area contributed by atoms with E-state index in [1.807, 2.05) is 18.7 Å². The zero-order valence-electron chi connectivity index (χ0n) is 19.7. The van der Waals surface area contributed by atoms with Crippen LogP contribution >= 0.6 is 0 Å². The summed E-state index contributed by atoms with van der Waals surface area (Å²) in [4.78, 5) is 33.3. The first-order chi connectivity index (χ1) is 16.2. The summed E-state index contributed by atoms with van der Waals surface area (Å²) in [7, 11) is 0. The van der Waals surface area contributed by atoms with Gasteiger partial charge in [-0.15, -0.1) is 0 Å². The molecule has 2 fully saturated rings. The second-order valence-corrected chi connectivity index (χ2v) is 9.10. The minimum atomic E-state index is -0.574. The van der Waals surface area contributed by atoms with E-state index in [-0.39, 0.29) is 29.3 Å². The molecule has 0 aliphatic carbocycles. The Morgan fingerprint density at radius 2 is 2.00 bits per heavy atom. The van der Waals surface area contributed by atoms with Crippen LogP contribution < -0.4 is 5.32 Å². The molecule has 0 bridgehead atoms. The molecule has 0 saturated carbocycles. The fourth-order valence-corrected chi connectivity index (χ4v) is 4.56. The zero-order valence-corrected chi connectivity index (χ0v) is 19.7. The minimum Gasteiger partial charge on any atom is -0.368 e. The maximum Gasteiger partial charge on any atom is 0.257 e. The standard InChI is InChI=1S/C25H30F2N4O3/c1-15-13-30(6-7-31(15)25(33)23-5-4-8-34-23)14-19-9-20(26)11-22(16(19)2)29-24(32)18-10-21(27)17(3)28-12-18/h9-12,15,23H,4-8,13-14H2,1-3H3,(H,29,32)/t15-,23+/m0/s1. The Morgan fingerprint density at radius 1 is 1.21 bits per heavy atom. The Bertz CT molecular complexity index is 1090. The van der Waals surface area contributed by atoms with Crippen LogP contribution in [0.4, 0.5) is 14.5 Å². The summed E-state index contributed by atoms with van der Waals surface area (Å²) in [5.41, 5.74) is 2.08. The van der Waals surface area contributed by atoms with Crippen molar-refractivity contribution in [2.45, 2.75) is 52.3 Å². The third kappa shape index (κ3) is 5.26. The van der Waals surface area contributed by atoms with Gasteiger partial charge in [0.1, 0.15) is 17.7 Å². The van der Waals surface area contributed by atoms with E-state index in [0.29, 0.717) is 38.5 Å². The van der Waals surface area contributed by atoms with Gasteiger partial charge >= 0.3 is 0 Å². The summed E-state index contributed by atoms with van der Waals surface area (Å²) in [5, 5.41) is 2.68. The Balaban J connectivity index is 1.43. The summed E-state index contributed by atoms with van der Waals surface area (Å²) >= 11 is 0. The van der Waals surface area contributed by atoms with E-state index in [2.05, 4.69) is 15.2 Å². The number of aromatic nitrogens is 1. The molecule has 2 aliphatic rings. The van der Waals surface area contributed by atoms with Gasteiger partial charge in [-0.25, -0.2) is 8.78 Å². The molecule has 2 aromatic rings. The fraction of sp³-hybridized carbons (Fsp3) is 0.480. The van der Waals surface area contributed by atoms with Crippen LogP contribution in [0.2, 0.25) is 0 Å². The highest BCUT2D eigenvalue weighted by Crippen LogP contribution is 2.25. The predicted molar refractivity (Wildman–Crippen MR) is 123 cm³/mol. The molecule has 182 valence electrons. The SMILES string of the molecule is Cc1ncc(C(=O)Nc2cc(F)cc(CN3CCN(C(=O)[C@H]4CCCO4)[C@@H](C)C3)c2C)cc1F. The van der Waals surface area contributed by atoms with Crippen molar-refractivity contribution < 1.29 is 23.1 Å². The van der Waals surface area contributed by atoms with E-state index in [0.717, 1.165) is 30.0 Å². The molecule has 2 aliphatic heterocycles. The topological polar surface area (TPSA) is 74.8 Å². The third-order valence-electron chi connectivity index (χ3n) is 6.61. The number of benzene rings is 1. The number of hydrogen-bond acceptors (Lipinski definition) is 5. The summed E-state index contributed by atoms with van der Waals surface area (Å²) < 4.78 is 33.8. The molecule has 4 rings (SSSR count). The molecule has 2 saturated heterocycles. The quantitative estimate of drug-likeness (QED) is 0.722. The first-order valence-corrected chi connectivity index (χ1v) is 11.6. The molecule has 9 heteroatoms. The van der Waals surface area contributed by atoms with Crippen LogP contribution in [0.1, 0.15) is 46.9 Å². The Morgan fingerprint density at radius 3 is 2.68 bits per heavy atom. The number of carbonyl (C=O) groups is 2. The normalized spacial score (nSPS) is 21.0. The highest BCUT2D eigenvalue weighted by Gasteiger charge is 2.34. The van der Waals surface area contributed by atoms with Crippen LogP contribution in [0, 0.1) is 25.5 Å². The fourth-order valence-electron chi connectivity index (χ4n) is 4.56. The lowest BCUT2D eigenvalue weighted by atomic mass is 10.0. The van der Waals surface area contributed by atoms with Crippen molar-refractivity contribution in [1.29, 1.82) is 0 Å². The zero-order chi connectivity index (χ0) is 24.4. The van der Waals surface area contributed by atoms with E-state index < -0.39 is 17.5 Å². The average Bonchev–Trinajstić information content (AvgIpc) is 3.33. The largest absolute Gasteiger partial charge is 0.368 e. The number of nitrogens with one attached hydrogen (secondary N) is 1. The lowest BCUT2D eigenvalue weighted by Crippen LogP contribution is -2.55. The van der Waals surface area contributed by atoms with Crippen molar-refractivity contribution in [2.24, 2.45) is 0 Å². The van der Waals surface area contributed by atoms with Crippen LogP contribution in [0.3, 0.4) is 0 Å². The number of halogens is 2. The number of rotatable bonds is 5. The predicted octanol–water partition coefficient (Wildman–Crippen LogP) is 3.44. The number of piperazine rings is 1. The molecular weight excluding hydrogens is 442 g/mol. The highest BCUT2D eigenvalue weighted by molar-refractivity contribution is 6.04. The minimum absolute atomic E-state index is 0.0161. The molecule has 3 heterocycles. The number of ether oxygens (including phenoxy) is 1. The van der Waals surface area contributed by atoms with Gasteiger partial charge in [-0.05, 0) is 62.9 Å². The van der Waals surface area contributed by atoms with Crippen LogP contribution in [-0.4, -0.2) is 65.0 Å². The molecule has 34 heavy (non-hydrogen) atoms. The van der Waals surface area contributed by atoms with Gasteiger partial charge < -0.3 is 15.0 Å². The van der Waals surface area contributed by atoms with Crippen LogP contribution in [0.25, 0.3) is 0 Å². The molecule has 2 atom stereocenters. The van der Waals surface area contributed by atoms with Crippen LogP contribution in [0.5, 0.6) is 0 Å².